The van der Waals surface area contributed by atoms with Gasteiger partial charge in [0.05, 0.1) is 6.17 Å². The van der Waals surface area contributed by atoms with Crippen LogP contribution in [-0.4, -0.2) is 12.2 Å². The molecule has 0 bridgehead atoms. The molecule has 2 nitrogen and oxygen atoms in total. The molecule has 0 heterocycles. The lowest BCUT2D eigenvalue weighted by molar-refractivity contribution is 0.104. The van der Waals surface area contributed by atoms with Gasteiger partial charge in [0.1, 0.15) is 0 Å². The second-order valence-corrected chi connectivity index (χ2v) is 19.9. The molecule has 0 spiro atoms. The standard InChI is InChI=1S/C49H94N2/c1-5-7-9-10-11-15-21-41-26-27-42(22-19-18-20-39(3)38-41)40(4)43-28-30-46(31-29-43)47-32-35-48(36-33-47)51-49(50)37-34-45-25-17-13-12-16-24-44(45)23-14-8-6-2/h39-49,51H,5-38,50H2,1-4H3/t39?,40?,41?,42-,43?,44?,45?,46?,47?,48?,49?/m1/s1. The molecule has 0 aromatic heterocycles. The first-order valence-electron chi connectivity index (χ1n) is 24.5. The Hall–Kier alpha value is -0.0800. The van der Waals surface area contributed by atoms with Crippen LogP contribution in [0.4, 0.5) is 0 Å². The fraction of sp³-hybridized carbons (Fsp3) is 1.00. The molecule has 0 radical (unpaired) electrons. The summed E-state index contributed by atoms with van der Waals surface area (Å²) in [6.45, 7) is 9.97. The third-order valence-electron chi connectivity index (χ3n) is 16.0. The molecule has 300 valence electrons. The summed E-state index contributed by atoms with van der Waals surface area (Å²) >= 11 is 0. The Labute approximate surface area is 321 Å². The summed E-state index contributed by atoms with van der Waals surface area (Å²) in [6.07, 6.45) is 49.9. The van der Waals surface area contributed by atoms with Gasteiger partial charge in [-0.1, -0.05) is 169 Å². The van der Waals surface area contributed by atoms with Crippen molar-refractivity contribution < 1.29 is 0 Å². The maximum Gasteiger partial charge on any atom is 0.0548 e. The molecule has 4 fully saturated rings. The first-order chi connectivity index (χ1) is 25.0. The quantitative estimate of drug-likeness (QED) is 0.103. The van der Waals surface area contributed by atoms with Gasteiger partial charge in [0.2, 0.25) is 0 Å². The molecule has 0 aromatic carbocycles. The van der Waals surface area contributed by atoms with E-state index in [1.54, 1.807) is 0 Å². The smallest absolute Gasteiger partial charge is 0.0548 e. The van der Waals surface area contributed by atoms with Gasteiger partial charge in [-0.15, -0.1) is 0 Å². The van der Waals surface area contributed by atoms with Crippen LogP contribution < -0.4 is 11.1 Å². The van der Waals surface area contributed by atoms with E-state index in [0.29, 0.717) is 6.04 Å². The van der Waals surface area contributed by atoms with Crippen molar-refractivity contribution in [3.8, 4) is 0 Å². The summed E-state index contributed by atoms with van der Waals surface area (Å²) in [5.74, 6) is 8.82. The minimum Gasteiger partial charge on any atom is -0.316 e. The summed E-state index contributed by atoms with van der Waals surface area (Å²) in [5.41, 5.74) is 6.82. The molecule has 7 atom stereocenters. The van der Waals surface area contributed by atoms with Gasteiger partial charge in [-0.05, 0) is 130 Å². The Kier molecular flexibility index (Phi) is 22.2. The second kappa shape index (κ2) is 25.9. The number of nitrogens with two attached hydrogens (primary N) is 1. The van der Waals surface area contributed by atoms with E-state index >= 15 is 0 Å². The summed E-state index contributed by atoms with van der Waals surface area (Å²) in [6, 6.07) is 0.672. The fourth-order valence-corrected chi connectivity index (χ4v) is 12.4. The molecule has 4 saturated carbocycles. The fourth-order valence-electron chi connectivity index (χ4n) is 12.4. The number of nitrogens with one attached hydrogen (secondary N) is 1. The van der Waals surface area contributed by atoms with Crippen LogP contribution in [0.3, 0.4) is 0 Å². The normalized spacial score (nSPS) is 34.6. The highest BCUT2D eigenvalue weighted by molar-refractivity contribution is 4.87. The Morgan fingerprint density at radius 1 is 0.529 bits per heavy atom. The highest BCUT2D eigenvalue weighted by atomic mass is 15.0. The Bertz CT molecular complexity index is 824. The minimum atomic E-state index is 0.210. The van der Waals surface area contributed by atoms with Crippen molar-refractivity contribution in [2.75, 3.05) is 0 Å². The predicted octanol–water partition coefficient (Wildman–Crippen LogP) is 15.2. The predicted molar refractivity (Wildman–Crippen MR) is 226 cm³/mol. The van der Waals surface area contributed by atoms with E-state index in [4.69, 9.17) is 5.73 Å². The lowest BCUT2D eigenvalue weighted by atomic mass is 9.65. The zero-order valence-corrected chi connectivity index (χ0v) is 35.5. The molecule has 4 aliphatic rings. The molecule has 2 heteroatoms. The summed E-state index contributed by atoms with van der Waals surface area (Å²) in [7, 11) is 0. The highest BCUT2D eigenvalue weighted by Gasteiger charge is 2.35. The lowest BCUT2D eigenvalue weighted by Crippen LogP contribution is -2.46. The van der Waals surface area contributed by atoms with Gasteiger partial charge in [0.15, 0.2) is 0 Å². The average molecular weight is 711 g/mol. The lowest BCUT2D eigenvalue weighted by Gasteiger charge is -2.41. The Balaban J connectivity index is 1.13. The van der Waals surface area contributed by atoms with Crippen LogP contribution in [0, 0.1) is 53.3 Å². The number of hydrogen-bond acceptors (Lipinski definition) is 2. The van der Waals surface area contributed by atoms with Crippen molar-refractivity contribution in [1.29, 1.82) is 0 Å². The summed E-state index contributed by atoms with van der Waals surface area (Å²) in [5, 5.41) is 3.96. The van der Waals surface area contributed by atoms with Crippen LogP contribution in [0.15, 0.2) is 0 Å². The highest BCUT2D eigenvalue weighted by Crippen LogP contribution is 2.45. The van der Waals surface area contributed by atoms with Crippen molar-refractivity contribution >= 4 is 0 Å². The van der Waals surface area contributed by atoms with E-state index in [9.17, 15) is 0 Å². The van der Waals surface area contributed by atoms with Crippen LogP contribution in [-0.2, 0) is 0 Å². The van der Waals surface area contributed by atoms with Gasteiger partial charge in [0, 0.05) is 6.04 Å². The van der Waals surface area contributed by atoms with Crippen LogP contribution in [0.25, 0.3) is 0 Å². The SMILES string of the molecule is CCCCCCCCC1CC[C@H](C(C)C2CCC(C3CCC(NC(N)CCC4CCCCCCC4CCCCC)CC3)CC2)CCCCC(C)C1. The molecule has 3 N–H and O–H groups in total. The van der Waals surface area contributed by atoms with E-state index in [1.807, 2.05) is 0 Å². The Morgan fingerprint density at radius 3 is 1.76 bits per heavy atom. The zero-order chi connectivity index (χ0) is 36.1. The van der Waals surface area contributed by atoms with Crippen LogP contribution in [0.5, 0.6) is 0 Å². The maximum atomic E-state index is 6.82. The van der Waals surface area contributed by atoms with Gasteiger partial charge in [0.25, 0.3) is 0 Å². The van der Waals surface area contributed by atoms with Crippen LogP contribution in [0.2, 0.25) is 0 Å². The molecule has 4 aliphatic carbocycles. The topological polar surface area (TPSA) is 38.0 Å². The van der Waals surface area contributed by atoms with Crippen molar-refractivity contribution in [1.82, 2.24) is 5.32 Å². The molecule has 0 saturated heterocycles. The average Bonchev–Trinajstić information content (AvgIpc) is 3.13. The van der Waals surface area contributed by atoms with Crippen molar-refractivity contribution in [3.63, 3.8) is 0 Å². The molecular weight excluding hydrogens is 617 g/mol. The molecule has 0 aromatic rings. The molecule has 51 heavy (non-hydrogen) atoms. The molecule has 0 amide bonds. The molecule has 4 rings (SSSR count). The number of hydrogen-bond donors (Lipinski definition) is 2. The molecular formula is C49H94N2. The Morgan fingerprint density at radius 2 is 1.06 bits per heavy atom. The van der Waals surface area contributed by atoms with Crippen molar-refractivity contribution in [2.24, 2.45) is 59.0 Å². The molecule has 6 unspecified atom stereocenters. The molecule has 0 aliphatic heterocycles. The van der Waals surface area contributed by atoms with Gasteiger partial charge >= 0.3 is 0 Å². The van der Waals surface area contributed by atoms with Crippen LogP contribution >= 0.6 is 0 Å². The first-order valence-corrected chi connectivity index (χ1v) is 24.5. The summed E-state index contributed by atoms with van der Waals surface area (Å²) < 4.78 is 0. The van der Waals surface area contributed by atoms with Gasteiger partial charge in [-0.25, -0.2) is 0 Å². The van der Waals surface area contributed by atoms with Crippen molar-refractivity contribution in [2.45, 2.75) is 258 Å². The van der Waals surface area contributed by atoms with Gasteiger partial charge in [-0.2, -0.15) is 0 Å². The van der Waals surface area contributed by atoms with E-state index in [0.717, 1.165) is 53.3 Å². The van der Waals surface area contributed by atoms with Crippen LogP contribution in [0.1, 0.15) is 246 Å². The van der Waals surface area contributed by atoms with E-state index in [-0.39, 0.29) is 6.17 Å². The third-order valence-corrected chi connectivity index (χ3v) is 16.0. The minimum absolute atomic E-state index is 0.210. The summed E-state index contributed by atoms with van der Waals surface area (Å²) in [4.78, 5) is 0. The van der Waals surface area contributed by atoms with E-state index < -0.39 is 0 Å². The second-order valence-electron chi connectivity index (χ2n) is 19.9. The first kappa shape index (κ1) is 43.6. The largest absolute Gasteiger partial charge is 0.316 e. The third kappa shape index (κ3) is 16.7. The zero-order valence-electron chi connectivity index (χ0n) is 35.5. The number of unbranched alkanes of at least 4 members (excludes halogenated alkanes) is 7. The van der Waals surface area contributed by atoms with Crippen molar-refractivity contribution in [3.05, 3.63) is 0 Å². The maximum absolute atomic E-state index is 6.82. The van der Waals surface area contributed by atoms with Gasteiger partial charge in [-0.3, -0.25) is 5.32 Å². The monoisotopic (exact) mass is 711 g/mol. The van der Waals surface area contributed by atoms with Gasteiger partial charge < -0.3 is 5.73 Å². The van der Waals surface area contributed by atoms with E-state index in [2.05, 4.69) is 33.0 Å². The van der Waals surface area contributed by atoms with E-state index in [1.165, 1.54) is 218 Å². The number of rotatable bonds is 19.